The SMILES string of the molecule is C=C(O)C1(C)CCCN1N(C)CC(C)=C(C)C. The highest BCUT2D eigenvalue weighted by molar-refractivity contribution is 5.12. The van der Waals surface area contributed by atoms with Crippen LogP contribution in [0.2, 0.25) is 0 Å². The van der Waals surface area contributed by atoms with Gasteiger partial charge in [-0.2, -0.15) is 0 Å². The average molecular weight is 238 g/mol. The van der Waals surface area contributed by atoms with E-state index in [0.29, 0.717) is 0 Å². The molecule has 17 heavy (non-hydrogen) atoms. The maximum atomic E-state index is 9.80. The monoisotopic (exact) mass is 238 g/mol. The van der Waals surface area contributed by atoms with E-state index in [4.69, 9.17) is 0 Å². The van der Waals surface area contributed by atoms with Crippen LogP contribution < -0.4 is 0 Å². The third-order valence-corrected chi connectivity index (χ3v) is 3.96. The zero-order valence-electron chi connectivity index (χ0n) is 11.9. The van der Waals surface area contributed by atoms with Crippen LogP contribution in [0.4, 0.5) is 0 Å². The Morgan fingerprint density at radius 1 is 1.41 bits per heavy atom. The molecule has 1 heterocycles. The molecule has 3 heteroatoms. The fraction of sp³-hybridized carbons (Fsp3) is 0.714. The van der Waals surface area contributed by atoms with Gasteiger partial charge in [-0.15, -0.1) is 0 Å². The summed E-state index contributed by atoms with van der Waals surface area (Å²) in [6.45, 7) is 14.1. The number of hydrogen-bond donors (Lipinski definition) is 1. The zero-order valence-corrected chi connectivity index (χ0v) is 11.9. The van der Waals surface area contributed by atoms with Gasteiger partial charge in [0.15, 0.2) is 0 Å². The molecule has 1 unspecified atom stereocenters. The lowest BCUT2D eigenvalue weighted by molar-refractivity contribution is -0.0499. The summed E-state index contributed by atoms with van der Waals surface area (Å²) in [5, 5.41) is 14.2. The Hall–Kier alpha value is -0.800. The molecule has 1 aliphatic rings. The molecule has 3 nitrogen and oxygen atoms in total. The molecule has 1 aliphatic heterocycles. The second-order valence-corrected chi connectivity index (χ2v) is 5.54. The highest BCUT2D eigenvalue weighted by Gasteiger charge is 2.41. The lowest BCUT2D eigenvalue weighted by Gasteiger charge is -2.40. The largest absolute Gasteiger partial charge is 0.511 e. The van der Waals surface area contributed by atoms with Crippen molar-refractivity contribution in [2.75, 3.05) is 20.1 Å². The minimum absolute atomic E-state index is 0.275. The number of rotatable bonds is 4. The summed E-state index contributed by atoms with van der Waals surface area (Å²) in [5.41, 5.74) is 2.45. The standard InChI is InChI=1S/C14H26N2O/c1-11(2)12(3)10-15(6)16-9-7-8-14(16,5)13(4)17/h17H,4,7-10H2,1-3,5-6H3. The molecule has 0 saturated carbocycles. The van der Waals surface area contributed by atoms with E-state index in [-0.39, 0.29) is 11.3 Å². The van der Waals surface area contributed by atoms with Crippen LogP contribution in [-0.4, -0.2) is 40.8 Å². The average Bonchev–Trinajstić information content (AvgIpc) is 2.61. The molecule has 1 N–H and O–H groups in total. The van der Waals surface area contributed by atoms with E-state index in [2.05, 4.69) is 51.3 Å². The van der Waals surface area contributed by atoms with Gasteiger partial charge in [0.1, 0.15) is 5.76 Å². The van der Waals surface area contributed by atoms with Crippen LogP contribution in [0.5, 0.6) is 0 Å². The van der Waals surface area contributed by atoms with Gasteiger partial charge in [-0.05, 0) is 40.5 Å². The van der Waals surface area contributed by atoms with Gasteiger partial charge in [-0.3, -0.25) is 0 Å². The molecule has 0 radical (unpaired) electrons. The van der Waals surface area contributed by atoms with Gasteiger partial charge in [0.2, 0.25) is 0 Å². The first-order chi connectivity index (χ1) is 7.79. The fourth-order valence-corrected chi connectivity index (χ4v) is 2.38. The lowest BCUT2D eigenvalue weighted by atomic mass is 9.98. The Balaban J connectivity index is 2.79. The third-order valence-electron chi connectivity index (χ3n) is 3.96. The normalized spacial score (nSPS) is 25.3. The van der Waals surface area contributed by atoms with E-state index in [1.54, 1.807) is 0 Å². The second kappa shape index (κ2) is 5.23. The van der Waals surface area contributed by atoms with Crippen LogP contribution in [0.15, 0.2) is 23.5 Å². The first kappa shape index (κ1) is 14.3. The van der Waals surface area contributed by atoms with Gasteiger partial charge in [-0.1, -0.05) is 17.7 Å². The number of nitrogens with zero attached hydrogens (tertiary/aromatic N) is 2. The van der Waals surface area contributed by atoms with Gasteiger partial charge < -0.3 is 5.11 Å². The van der Waals surface area contributed by atoms with Gasteiger partial charge in [0, 0.05) is 20.1 Å². The first-order valence-electron chi connectivity index (χ1n) is 6.29. The highest BCUT2D eigenvalue weighted by Crippen LogP contribution is 2.34. The third kappa shape index (κ3) is 2.90. The van der Waals surface area contributed by atoms with E-state index in [9.17, 15) is 5.11 Å². The van der Waals surface area contributed by atoms with Crippen LogP contribution >= 0.6 is 0 Å². The minimum atomic E-state index is -0.295. The van der Waals surface area contributed by atoms with Crippen LogP contribution in [0.3, 0.4) is 0 Å². The molecule has 1 rings (SSSR count). The Morgan fingerprint density at radius 2 is 2.00 bits per heavy atom. The summed E-state index contributed by atoms with van der Waals surface area (Å²) in [6, 6.07) is 0. The lowest BCUT2D eigenvalue weighted by Crippen LogP contribution is -2.51. The summed E-state index contributed by atoms with van der Waals surface area (Å²) in [6.07, 6.45) is 2.08. The van der Waals surface area contributed by atoms with Crippen molar-refractivity contribution >= 4 is 0 Å². The van der Waals surface area contributed by atoms with Gasteiger partial charge >= 0.3 is 0 Å². The molecule has 0 aromatic rings. The van der Waals surface area contributed by atoms with Crippen LogP contribution in [0.1, 0.15) is 40.5 Å². The van der Waals surface area contributed by atoms with Gasteiger partial charge in [0.25, 0.3) is 0 Å². The number of aliphatic hydroxyl groups is 1. The predicted octanol–water partition coefficient (Wildman–Crippen LogP) is 3.12. The number of aliphatic hydroxyl groups excluding tert-OH is 1. The number of hydrazine groups is 1. The van der Waals surface area contributed by atoms with Crippen molar-refractivity contribution < 1.29 is 5.11 Å². The quantitative estimate of drug-likeness (QED) is 0.602. The first-order valence-corrected chi connectivity index (χ1v) is 6.29. The highest BCUT2D eigenvalue weighted by atomic mass is 16.3. The van der Waals surface area contributed by atoms with Crippen molar-refractivity contribution in [3.8, 4) is 0 Å². The van der Waals surface area contributed by atoms with E-state index < -0.39 is 0 Å². The number of likely N-dealkylation sites (N-methyl/N-ethyl adjacent to an activating group) is 1. The molecule has 0 spiro atoms. The van der Waals surface area contributed by atoms with Crippen molar-refractivity contribution in [1.82, 2.24) is 10.0 Å². The molecule has 0 aromatic carbocycles. The molecule has 98 valence electrons. The second-order valence-electron chi connectivity index (χ2n) is 5.54. The molecule has 0 amide bonds. The van der Waals surface area contributed by atoms with Crippen molar-refractivity contribution in [3.63, 3.8) is 0 Å². The molecule has 0 aliphatic carbocycles. The topological polar surface area (TPSA) is 26.7 Å². The minimum Gasteiger partial charge on any atom is -0.511 e. The van der Waals surface area contributed by atoms with Gasteiger partial charge in [-0.25, -0.2) is 10.0 Å². The Morgan fingerprint density at radius 3 is 2.47 bits per heavy atom. The van der Waals surface area contributed by atoms with Crippen molar-refractivity contribution in [2.45, 2.75) is 46.1 Å². The molecule has 0 bridgehead atoms. The summed E-state index contributed by atoms with van der Waals surface area (Å²) in [5.74, 6) is 0.275. The molecule has 1 fully saturated rings. The van der Waals surface area contributed by atoms with Crippen molar-refractivity contribution in [3.05, 3.63) is 23.5 Å². The smallest absolute Gasteiger partial charge is 0.106 e. The van der Waals surface area contributed by atoms with E-state index in [0.717, 1.165) is 25.9 Å². The summed E-state index contributed by atoms with van der Waals surface area (Å²) in [4.78, 5) is 0. The molecule has 0 aromatic heterocycles. The Labute approximate surface area is 105 Å². The summed E-state index contributed by atoms with van der Waals surface area (Å²) in [7, 11) is 2.08. The molecular weight excluding hydrogens is 212 g/mol. The van der Waals surface area contributed by atoms with E-state index in [1.165, 1.54) is 11.1 Å². The van der Waals surface area contributed by atoms with Crippen LogP contribution in [-0.2, 0) is 0 Å². The Kier molecular flexibility index (Phi) is 4.39. The summed E-state index contributed by atoms with van der Waals surface area (Å²) < 4.78 is 0. The molecule has 1 atom stereocenters. The summed E-state index contributed by atoms with van der Waals surface area (Å²) >= 11 is 0. The van der Waals surface area contributed by atoms with Crippen molar-refractivity contribution in [1.29, 1.82) is 0 Å². The Bertz CT molecular complexity index is 331. The van der Waals surface area contributed by atoms with Gasteiger partial charge in [0.05, 0.1) is 5.54 Å². The molecule has 1 saturated heterocycles. The zero-order chi connectivity index (χ0) is 13.2. The van der Waals surface area contributed by atoms with E-state index in [1.807, 2.05) is 0 Å². The number of allylic oxidation sites excluding steroid dienone is 1. The maximum absolute atomic E-state index is 9.80. The number of hydrogen-bond acceptors (Lipinski definition) is 3. The maximum Gasteiger partial charge on any atom is 0.106 e. The predicted molar refractivity (Wildman–Crippen MR) is 72.8 cm³/mol. The van der Waals surface area contributed by atoms with Crippen LogP contribution in [0.25, 0.3) is 0 Å². The van der Waals surface area contributed by atoms with Crippen molar-refractivity contribution in [2.24, 2.45) is 0 Å². The molecular formula is C14H26N2O. The fourth-order valence-electron chi connectivity index (χ4n) is 2.38. The van der Waals surface area contributed by atoms with E-state index >= 15 is 0 Å². The van der Waals surface area contributed by atoms with Crippen LogP contribution in [0, 0.1) is 0 Å².